The highest BCUT2D eigenvalue weighted by molar-refractivity contribution is 7.97. The van der Waals surface area contributed by atoms with E-state index in [0.29, 0.717) is 12.4 Å². The summed E-state index contributed by atoms with van der Waals surface area (Å²) in [5.41, 5.74) is 3.98. The highest BCUT2D eigenvalue weighted by atomic mass is 32.2. The molecule has 3 N–H and O–H groups in total. The minimum Gasteiger partial charge on any atom is -0.376 e. The van der Waals surface area contributed by atoms with Gasteiger partial charge in [-0.15, -0.1) is 5.10 Å². The maximum atomic E-state index is 5.91. The third-order valence-electron chi connectivity index (χ3n) is 5.47. The van der Waals surface area contributed by atoms with Crippen LogP contribution in [0.1, 0.15) is 19.3 Å². The molecule has 5 rings (SSSR count). The monoisotopic (exact) mass is 432 g/mol. The van der Waals surface area contributed by atoms with E-state index in [1.165, 1.54) is 6.42 Å². The number of benzene rings is 1. The smallest absolute Gasteiger partial charge is 0.183 e. The first-order valence-electron chi connectivity index (χ1n) is 10.4. The Bertz CT molecular complexity index is 1170. The van der Waals surface area contributed by atoms with E-state index in [0.717, 1.165) is 64.3 Å². The number of aromatic nitrogens is 4. The van der Waals surface area contributed by atoms with Crippen LogP contribution < -0.4 is 10.5 Å². The molecule has 1 fully saturated rings. The van der Waals surface area contributed by atoms with Crippen molar-refractivity contribution in [3.8, 4) is 22.5 Å². The summed E-state index contributed by atoms with van der Waals surface area (Å²) >= 11 is 1.16. The van der Waals surface area contributed by atoms with Crippen molar-refractivity contribution in [1.82, 2.24) is 19.6 Å². The number of ether oxygens (including phenoxy) is 1. The Kier molecular flexibility index (Phi) is 5.84. The molecule has 0 aliphatic carbocycles. The average molecular weight is 433 g/mol. The van der Waals surface area contributed by atoms with E-state index in [1.54, 1.807) is 12.4 Å². The van der Waals surface area contributed by atoms with Gasteiger partial charge in [0, 0.05) is 47.8 Å². The first kappa shape index (κ1) is 20.0. The van der Waals surface area contributed by atoms with Crippen LogP contribution >= 0.6 is 11.9 Å². The molecule has 1 aromatic carbocycles. The zero-order chi connectivity index (χ0) is 21.0. The van der Waals surface area contributed by atoms with Crippen LogP contribution in [0.4, 0.5) is 5.82 Å². The van der Waals surface area contributed by atoms with Crippen molar-refractivity contribution in [2.75, 3.05) is 18.5 Å². The lowest BCUT2D eigenvalue weighted by atomic mass is 10.1. The van der Waals surface area contributed by atoms with Crippen molar-refractivity contribution in [2.45, 2.75) is 30.3 Å². The summed E-state index contributed by atoms with van der Waals surface area (Å²) in [7, 11) is 0. The number of pyridine rings is 1. The SMILES string of the molecule is NSc1cncc(-c2nc(NCC3CCCCO3)c3c(-c4ccccc4)ccn3n2)c1. The lowest BCUT2D eigenvalue weighted by Crippen LogP contribution is -2.27. The van der Waals surface area contributed by atoms with Crippen molar-refractivity contribution in [3.63, 3.8) is 0 Å². The van der Waals surface area contributed by atoms with Gasteiger partial charge < -0.3 is 10.1 Å². The van der Waals surface area contributed by atoms with Crippen LogP contribution in [0, 0.1) is 0 Å². The molecule has 4 aromatic rings. The Morgan fingerprint density at radius 3 is 2.84 bits per heavy atom. The zero-order valence-electron chi connectivity index (χ0n) is 17.1. The van der Waals surface area contributed by atoms with Gasteiger partial charge in [0.25, 0.3) is 0 Å². The lowest BCUT2D eigenvalue weighted by molar-refractivity contribution is 0.0247. The van der Waals surface area contributed by atoms with Crippen molar-refractivity contribution in [2.24, 2.45) is 5.14 Å². The highest BCUT2D eigenvalue weighted by Crippen LogP contribution is 2.31. The second kappa shape index (κ2) is 9.05. The molecular weight excluding hydrogens is 408 g/mol. The normalized spacial score (nSPS) is 16.5. The summed E-state index contributed by atoms with van der Waals surface area (Å²) in [6.07, 6.45) is 9.06. The summed E-state index contributed by atoms with van der Waals surface area (Å²) in [5, 5.41) is 14.0. The molecule has 1 atom stereocenters. The standard InChI is InChI=1S/C23H24N6OS/c24-31-19-12-17(13-25-15-19)22-27-23(26-14-18-8-4-5-11-30-18)21-20(9-10-29(21)28-22)16-6-2-1-3-7-16/h1-3,6-7,9-10,12-13,15,18H,4-5,8,11,14,24H2,(H,26,27,28). The highest BCUT2D eigenvalue weighted by Gasteiger charge is 2.18. The topological polar surface area (TPSA) is 90.4 Å². The molecule has 1 aliphatic heterocycles. The van der Waals surface area contributed by atoms with Gasteiger partial charge in [-0.3, -0.25) is 10.1 Å². The van der Waals surface area contributed by atoms with Gasteiger partial charge in [-0.25, -0.2) is 9.50 Å². The number of hydrogen-bond acceptors (Lipinski definition) is 7. The molecule has 8 heteroatoms. The molecule has 7 nitrogen and oxygen atoms in total. The molecular formula is C23H24N6OS. The number of nitrogens with one attached hydrogen (secondary N) is 1. The fourth-order valence-electron chi connectivity index (χ4n) is 3.91. The van der Waals surface area contributed by atoms with Gasteiger partial charge in [0.1, 0.15) is 5.52 Å². The molecule has 0 saturated carbocycles. The Hall–Kier alpha value is -2.94. The molecule has 1 unspecified atom stereocenters. The van der Waals surface area contributed by atoms with Crippen molar-refractivity contribution in [3.05, 3.63) is 61.1 Å². The van der Waals surface area contributed by atoms with Crippen LogP contribution in [0.5, 0.6) is 0 Å². The van der Waals surface area contributed by atoms with Crippen LogP contribution in [-0.2, 0) is 4.74 Å². The van der Waals surface area contributed by atoms with Crippen LogP contribution in [-0.4, -0.2) is 38.8 Å². The molecule has 1 aliphatic rings. The van der Waals surface area contributed by atoms with E-state index in [9.17, 15) is 0 Å². The Morgan fingerprint density at radius 2 is 2.03 bits per heavy atom. The maximum Gasteiger partial charge on any atom is 0.183 e. The van der Waals surface area contributed by atoms with E-state index in [1.807, 2.05) is 35.0 Å². The van der Waals surface area contributed by atoms with Crippen LogP contribution in [0.15, 0.2) is 66.0 Å². The number of anilines is 1. The minimum atomic E-state index is 0.195. The van der Waals surface area contributed by atoms with Crippen molar-refractivity contribution >= 4 is 23.3 Å². The molecule has 1 saturated heterocycles. The van der Waals surface area contributed by atoms with E-state index in [2.05, 4.69) is 28.5 Å². The average Bonchev–Trinajstić information content (AvgIpc) is 3.28. The van der Waals surface area contributed by atoms with E-state index >= 15 is 0 Å². The predicted octanol–water partition coefficient (Wildman–Crippen LogP) is 4.41. The first-order valence-corrected chi connectivity index (χ1v) is 11.3. The fourth-order valence-corrected chi connectivity index (χ4v) is 4.22. The summed E-state index contributed by atoms with van der Waals surface area (Å²) in [4.78, 5) is 10.0. The molecule has 0 spiro atoms. The molecule has 0 bridgehead atoms. The molecule has 31 heavy (non-hydrogen) atoms. The predicted molar refractivity (Wildman–Crippen MR) is 124 cm³/mol. The first-order chi connectivity index (χ1) is 15.3. The summed E-state index contributed by atoms with van der Waals surface area (Å²) in [5.74, 6) is 1.38. The van der Waals surface area contributed by atoms with Gasteiger partial charge in [-0.1, -0.05) is 30.3 Å². The number of rotatable bonds is 6. The summed E-state index contributed by atoms with van der Waals surface area (Å²) in [6.45, 7) is 1.54. The minimum absolute atomic E-state index is 0.195. The van der Waals surface area contributed by atoms with Crippen LogP contribution in [0.25, 0.3) is 28.0 Å². The molecule has 158 valence electrons. The van der Waals surface area contributed by atoms with Gasteiger partial charge in [0.05, 0.1) is 6.10 Å². The van der Waals surface area contributed by atoms with Gasteiger partial charge in [-0.2, -0.15) is 0 Å². The summed E-state index contributed by atoms with van der Waals surface area (Å²) in [6, 6.07) is 14.3. The lowest BCUT2D eigenvalue weighted by Gasteiger charge is -2.23. The van der Waals surface area contributed by atoms with E-state index in [4.69, 9.17) is 20.0 Å². The van der Waals surface area contributed by atoms with Crippen LogP contribution in [0.2, 0.25) is 0 Å². The second-order valence-electron chi connectivity index (χ2n) is 7.57. The Labute approximate surface area is 185 Å². The van der Waals surface area contributed by atoms with Crippen LogP contribution in [0.3, 0.4) is 0 Å². The molecule has 3 aromatic heterocycles. The molecule has 4 heterocycles. The van der Waals surface area contributed by atoms with Gasteiger partial charge in [0.2, 0.25) is 0 Å². The third kappa shape index (κ3) is 4.27. The van der Waals surface area contributed by atoms with Gasteiger partial charge in [-0.05, 0) is 48.9 Å². The van der Waals surface area contributed by atoms with E-state index < -0.39 is 0 Å². The maximum absolute atomic E-state index is 5.91. The van der Waals surface area contributed by atoms with Gasteiger partial charge in [0.15, 0.2) is 11.6 Å². The molecule has 0 amide bonds. The third-order valence-corrected chi connectivity index (χ3v) is 5.97. The number of nitrogens with zero attached hydrogens (tertiary/aromatic N) is 4. The van der Waals surface area contributed by atoms with Crippen molar-refractivity contribution in [1.29, 1.82) is 0 Å². The van der Waals surface area contributed by atoms with Crippen molar-refractivity contribution < 1.29 is 4.74 Å². The van der Waals surface area contributed by atoms with Gasteiger partial charge >= 0.3 is 0 Å². The number of fused-ring (bicyclic) bond motifs is 1. The Balaban J connectivity index is 1.58. The quantitative estimate of drug-likeness (QED) is 0.436. The largest absolute Gasteiger partial charge is 0.376 e. The fraction of sp³-hybridized carbons (Fsp3) is 0.261. The zero-order valence-corrected chi connectivity index (χ0v) is 17.9. The van der Waals surface area contributed by atoms with E-state index in [-0.39, 0.29) is 6.10 Å². The summed E-state index contributed by atoms with van der Waals surface area (Å²) < 4.78 is 7.80. The second-order valence-corrected chi connectivity index (χ2v) is 8.28. The number of nitrogens with two attached hydrogens (primary N) is 1. The molecule has 0 radical (unpaired) electrons. The number of hydrogen-bond donors (Lipinski definition) is 2. The Morgan fingerprint density at radius 1 is 1.13 bits per heavy atom.